The van der Waals surface area contributed by atoms with Crippen LogP contribution in [-0.2, 0) is 0 Å². The molecule has 26 heavy (non-hydrogen) atoms. The molecule has 1 amide bonds. The number of hydrogen-bond acceptors (Lipinski definition) is 4. The van der Waals surface area contributed by atoms with Crippen molar-refractivity contribution in [3.63, 3.8) is 0 Å². The quantitative estimate of drug-likeness (QED) is 0.753. The van der Waals surface area contributed by atoms with E-state index in [9.17, 15) is 4.79 Å². The van der Waals surface area contributed by atoms with Crippen LogP contribution >= 0.6 is 0 Å². The Morgan fingerprint density at radius 3 is 2.62 bits per heavy atom. The Hall–Kier alpha value is -3.28. The van der Waals surface area contributed by atoms with E-state index in [0.717, 1.165) is 39.5 Å². The normalized spacial score (nSPS) is 10.6. The lowest BCUT2D eigenvalue weighted by molar-refractivity contribution is 0.102. The summed E-state index contributed by atoms with van der Waals surface area (Å²) in [4.78, 5) is 21.4. The Labute approximate surface area is 152 Å². The number of amides is 1. The number of aryl methyl sites for hydroxylation is 3. The van der Waals surface area contributed by atoms with Gasteiger partial charge in [-0.05, 0) is 45.9 Å². The van der Waals surface area contributed by atoms with Gasteiger partial charge in [0.05, 0.1) is 17.6 Å². The number of aromatic nitrogens is 4. The molecule has 6 heteroatoms. The van der Waals surface area contributed by atoms with Gasteiger partial charge in [-0.3, -0.25) is 19.9 Å². The van der Waals surface area contributed by atoms with Crippen molar-refractivity contribution in [1.82, 2.24) is 20.2 Å². The third-order valence-electron chi connectivity index (χ3n) is 4.34. The second-order valence-electron chi connectivity index (χ2n) is 6.28. The molecule has 3 heterocycles. The molecule has 0 saturated heterocycles. The molecule has 0 saturated carbocycles. The van der Waals surface area contributed by atoms with E-state index < -0.39 is 0 Å². The maximum absolute atomic E-state index is 12.5. The maximum atomic E-state index is 12.5. The molecule has 3 aromatic rings. The Morgan fingerprint density at radius 2 is 1.96 bits per heavy atom. The van der Waals surface area contributed by atoms with Crippen LogP contribution < -0.4 is 5.32 Å². The lowest BCUT2D eigenvalue weighted by atomic mass is 10.0. The summed E-state index contributed by atoms with van der Waals surface area (Å²) in [5.74, 6) is -0.275. The molecule has 0 aliphatic carbocycles. The highest BCUT2D eigenvalue weighted by molar-refractivity contribution is 6.04. The summed E-state index contributed by atoms with van der Waals surface area (Å²) in [7, 11) is 0. The van der Waals surface area contributed by atoms with Gasteiger partial charge in [-0.1, -0.05) is 12.6 Å². The lowest BCUT2D eigenvalue weighted by Gasteiger charge is -2.12. The second kappa shape index (κ2) is 6.92. The van der Waals surface area contributed by atoms with Crippen LogP contribution in [0.25, 0.3) is 5.57 Å². The van der Waals surface area contributed by atoms with E-state index in [1.165, 1.54) is 0 Å². The highest BCUT2D eigenvalue weighted by atomic mass is 16.1. The first-order chi connectivity index (χ1) is 12.4. The highest BCUT2D eigenvalue weighted by Gasteiger charge is 2.16. The minimum atomic E-state index is -0.275. The number of hydrogen-bond donors (Lipinski definition) is 2. The molecule has 0 spiro atoms. The van der Waals surface area contributed by atoms with Crippen molar-refractivity contribution in [2.24, 2.45) is 0 Å². The van der Waals surface area contributed by atoms with E-state index in [2.05, 4.69) is 32.1 Å². The molecular weight excluding hydrogens is 326 g/mol. The zero-order valence-corrected chi connectivity index (χ0v) is 15.3. The van der Waals surface area contributed by atoms with Crippen molar-refractivity contribution in [1.29, 1.82) is 0 Å². The van der Waals surface area contributed by atoms with Crippen molar-refractivity contribution >= 4 is 17.2 Å². The van der Waals surface area contributed by atoms with E-state index in [1.807, 2.05) is 52.0 Å². The molecule has 3 rings (SSSR count). The highest BCUT2D eigenvalue weighted by Crippen LogP contribution is 2.25. The summed E-state index contributed by atoms with van der Waals surface area (Å²) in [5.41, 5.74) is 6.81. The monoisotopic (exact) mass is 347 g/mol. The zero-order chi connectivity index (χ0) is 18.8. The SMILES string of the molecule is C=C(c1cccc(C)n1)c1cc(NC(=O)c2n[nH]c(C)c2C)cnc1C. The van der Waals surface area contributed by atoms with Crippen molar-refractivity contribution in [2.75, 3.05) is 5.32 Å². The van der Waals surface area contributed by atoms with Crippen LogP contribution in [0.4, 0.5) is 5.69 Å². The second-order valence-corrected chi connectivity index (χ2v) is 6.28. The molecule has 0 aliphatic heterocycles. The topological polar surface area (TPSA) is 83.6 Å². The fraction of sp³-hybridized carbons (Fsp3) is 0.200. The maximum Gasteiger partial charge on any atom is 0.276 e. The van der Waals surface area contributed by atoms with Gasteiger partial charge in [-0.25, -0.2) is 0 Å². The number of pyridine rings is 2. The Kier molecular flexibility index (Phi) is 4.67. The summed E-state index contributed by atoms with van der Waals surface area (Å²) in [5, 5.41) is 9.73. The molecule has 132 valence electrons. The van der Waals surface area contributed by atoms with E-state index in [4.69, 9.17) is 0 Å². The number of anilines is 1. The predicted octanol–water partition coefficient (Wildman–Crippen LogP) is 3.75. The molecule has 0 fully saturated rings. The van der Waals surface area contributed by atoms with Crippen LogP contribution in [0.1, 0.15) is 44.4 Å². The van der Waals surface area contributed by atoms with Crippen LogP contribution in [0.15, 0.2) is 37.0 Å². The van der Waals surface area contributed by atoms with Gasteiger partial charge in [0.15, 0.2) is 5.69 Å². The van der Waals surface area contributed by atoms with Gasteiger partial charge in [0, 0.05) is 33.8 Å². The molecule has 0 unspecified atom stereocenters. The van der Waals surface area contributed by atoms with Gasteiger partial charge >= 0.3 is 0 Å². The number of carbonyl (C=O) groups excluding carboxylic acids is 1. The Bertz CT molecular complexity index is 1000. The first-order valence-corrected chi connectivity index (χ1v) is 8.29. The number of rotatable bonds is 4. The zero-order valence-electron chi connectivity index (χ0n) is 15.3. The molecule has 6 nitrogen and oxygen atoms in total. The number of aromatic amines is 1. The average Bonchev–Trinajstić information content (AvgIpc) is 2.95. The predicted molar refractivity (Wildman–Crippen MR) is 102 cm³/mol. The van der Waals surface area contributed by atoms with Gasteiger partial charge in [0.25, 0.3) is 5.91 Å². The molecule has 0 radical (unpaired) electrons. The smallest absolute Gasteiger partial charge is 0.276 e. The van der Waals surface area contributed by atoms with E-state index >= 15 is 0 Å². The number of nitrogens with zero attached hydrogens (tertiary/aromatic N) is 3. The summed E-state index contributed by atoms with van der Waals surface area (Å²) in [6, 6.07) is 7.66. The van der Waals surface area contributed by atoms with Crippen molar-refractivity contribution < 1.29 is 4.79 Å². The van der Waals surface area contributed by atoms with Gasteiger partial charge in [-0.15, -0.1) is 0 Å². The van der Waals surface area contributed by atoms with E-state index in [0.29, 0.717) is 11.4 Å². The fourth-order valence-electron chi connectivity index (χ4n) is 2.65. The average molecular weight is 347 g/mol. The van der Waals surface area contributed by atoms with Gasteiger partial charge in [0.1, 0.15) is 0 Å². The van der Waals surface area contributed by atoms with Crippen molar-refractivity contribution in [3.05, 3.63) is 76.6 Å². The Balaban J connectivity index is 1.89. The van der Waals surface area contributed by atoms with Crippen LogP contribution in [0, 0.1) is 27.7 Å². The number of carbonyl (C=O) groups is 1. The number of H-pyrrole nitrogens is 1. The summed E-state index contributed by atoms with van der Waals surface area (Å²) >= 11 is 0. The molecule has 2 N–H and O–H groups in total. The first-order valence-electron chi connectivity index (χ1n) is 8.29. The molecule has 0 aromatic carbocycles. The molecular formula is C20H21N5O. The summed E-state index contributed by atoms with van der Waals surface area (Å²) in [6.45, 7) is 11.7. The number of nitrogens with one attached hydrogen (secondary N) is 2. The third kappa shape index (κ3) is 3.39. The molecule has 0 atom stereocenters. The van der Waals surface area contributed by atoms with Crippen LogP contribution in [0.2, 0.25) is 0 Å². The Morgan fingerprint density at radius 1 is 1.19 bits per heavy atom. The van der Waals surface area contributed by atoms with Crippen LogP contribution in [-0.4, -0.2) is 26.1 Å². The molecule has 0 aliphatic rings. The minimum Gasteiger partial charge on any atom is -0.319 e. The van der Waals surface area contributed by atoms with Crippen molar-refractivity contribution in [2.45, 2.75) is 27.7 Å². The van der Waals surface area contributed by atoms with Gasteiger partial charge in [-0.2, -0.15) is 5.10 Å². The largest absolute Gasteiger partial charge is 0.319 e. The third-order valence-corrected chi connectivity index (χ3v) is 4.34. The molecule has 3 aromatic heterocycles. The minimum absolute atomic E-state index is 0.275. The standard InChI is InChI=1S/C20H21N5O/c1-11-7-6-8-18(22-11)13(3)17-9-16(10-21-15(17)5)23-20(26)19-12(2)14(4)24-25-19/h6-10H,3H2,1-2,4-5H3,(H,23,26)(H,24,25). The molecule has 0 bridgehead atoms. The van der Waals surface area contributed by atoms with E-state index in [-0.39, 0.29) is 5.91 Å². The van der Waals surface area contributed by atoms with Gasteiger partial charge in [0.2, 0.25) is 0 Å². The van der Waals surface area contributed by atoms with Crippen LogP contribution in [0.3, 0.4) is 0 Å². The van der Waals surface area contributed by atoms with E-state index in [1.54, 1.807) is 6.20 Å². The van der Waals surface area contributed by atoms with Crippen LogP contribution in [0.5, 0.6) is 0 Å². The fourth-order valence-corrected chi connectivity index (χ4v) is 2.65. The first kappa shape index (κ1) is 17.5. The van der Waals surface area contributed by atoms with Crippen molar-refractivity contribution in [3.8, 4) is 0 Å². The van der Waals surface area contributed by atoms with Gasteiger partial charge < -0.3 is 5.32 Å². The lowest BCUT2D eigenvalue weighted by Crippen LogP contribution is -2.14. The summed E-state index contributed by atoms with van der Waals surface area (Å²) in [6.07, 6.45) is 1.63. The summed E-state index contributed by atoms with van der Waals surface area (Å²) < 4.78 is 0.